The molecule has 0 fully saturated rings. The van der Waals surface area contributed by atoms with E-state index < -0.39 is 0 Å². The first-order valence-electron chi connectivity index (χ1n) is 9.81. The number of carbonyl (C=O) groups excluding carboxylic acids is 1. The number of para-hydroxylation sites is 1. The van der Waals surface area contributed by atoms with Crippen molar-refractivity contribution in [2.75, 3.05) is 6.79 Å². The quantitative estimate of drug-likeness (QED) is 0.334. The van der Waals surface area contributed by atoms with Crippen LogP contribution in [0.4, 0.5) is 0 Å². The summed E-state index contributed by atoms with van der Waals surface area (Å²) in [6.07, 6.45) is 0. The number of hydrogen-bond acceptors (Lipinski definition) is 7. The molecular weight excluding hydrogens is 430 g/mol. The summed E-state index contributed by atoms with van der Waals surface area (Å²) in [6, 6.07) is 17.6. The number of hydrogen-bond donors (Lipinski definition) is 1. The van der Waals surface area contributed by atoms with Gasteiger partial charge in [0.2, 0.25) is 12.7 Å². The van der Waals surface area contributed by atoms with Gasteiger partial charge >= 0.3 is 0 Å². The van der Waals surface area contributed by atoms with Crippen molar-refractivity contribution in [3.8, 4) is 22.2 Å². The number of rotatable bonds is 6. The van der Waals surface area contributed by atoms with E-state index in [0.717, 1.165) is 32.1 Å². The van der Waals surface area contributed by atoms with Gasteiger partial charge in [-0.2, -0.15) is 0 Å². The maximum Gasteiger partial charge on any atom is 0.233 e. The Kier molecular flexibility index (Phi) is 5.48. The van der Waals surface area contributed by atoms with Crippen LogP contribution in [0.2, 0.25) is 0 Å². The summed E-state index contributed by atoms with van der Waals surface area (Å²) < 4.78 is 10.7. The molecule has 2 aromatic carbocycles. The van der Waals surface area contributed by atoms with Crippen LogP contribution in [0.25, 0.3) is 21.6 Å². The Morgan fingerprint density at radius 2 is 2.00 bits per heavy atom. The van der Waals surface area contributed by atoms with Crippen molar-refractivity contribution in [1.29, 1.82) is 0 Å². The zero-order chi connectivity index (χ0) is 21.2. The van der Waals surface area contributed by atoms with Gasteiger partial charge in [-0.15, -0.1) is 11.3 Å². The van der Waals surface area contributed by atoms with Gasteiger partial charge in [-0.3, -0.25) is 4.79 Å². The van der Waals surface area contributed by atoms with E-state index in [1.165, 1.54) is 11.8 Å². The van der Waals surface area contributed by atoms with Gasteiger partial charge < -0.3 is 14.8 Å². The van der Waals surface area contributed by atoms with Crippen molar-refractivity contribution < 1.29 is 14.3 Å². The number of thioether (sulfide) groups is 1. The van der Waals surface area contributed by atoms with Gasteiger partial charge in [0.1, 0.15) is 5.03 Å². The molecule has 0 radical (unpaired) electrons. The van der Waals surface area contributed by atoms with E-state index in [1.54, 1.807) is 11.3 Å². The highest BCUT2D eigenvalue weighted by molar-refractivity contribution is 8.00. The largest absolute Gasteiger partial charge is 0.454 e. The molecule has 0 bridgehead atoms. The minimum Gasteiger partial charge on any atom is -0.454 e. The standard InChI is InChI=1S/C23H19N3O3S2/c1-14(22(27)24-12-15-8-9-18-19(11-15)29-13-28-18)31-23-16-5-2-3-6-17(16)25-21(26-23)20-7-4-10-30-20/h2-11,14H,12-13H2,1H3,(H,24,27). The summed E-state index contributed by atoms with van der Waals surface area (Å²) in [5, 5.41) is 6.45. The number of carbonyl (C=O) groups is 1. The van der Waals surface area contributed by atoms with Crippen LogP contribution in [0, 0.1) is 0 Å². The summed E-state index contributed by atoms with van der Waals surface area (Å²) >= 11 is 3.04. The van der Waals surface area contributed by atoms with E-state index in [0.29, 0.717) is 18.1 Å². The van der Waals surface area contributed by atoms with E-state index in [4.69, 9.17) is 19.4 Å². The van der Waals surface area contributed by atoms with Gasteiger partial charge in [0, 0.05) is 11.9 Å². The molecule has 1 aliphatic heterocycles. The second-order valence-corrected chi connectivity index (χ2v) is 9.29. The molecule has 1 N–H and O–H groups in total. The molecule has 5 rings (SSSR count). The van der Waals surface area contributed by atoms with Crippen LogP contribution >= 0.6 is 23.1 Å². The van der Waals surface area contributed by atoms with Crippen molar-refractivity contribution in [2.45, 2.75) is 23.7 Å². The second-order valence-electron chi connectivity index (χ2n) is 7.01. The number of thiophene rings is 1. The molecule has 1 unspecified atom stereocenters. The van der Waals surface area contributed by atoms with E-state index in [1.807, 2.05) is 66.9 Å². The average molecular weight is 450 g/mol. The minimum atomic E-state index is -0.316. The summed E-state index contributed by atoms with van der Waals surface area (Å²) in [5.74, 6) is 2.08. The van der Waals surface area contributed by atoms with Crippen LogP contribution in [-0.4, -0.2) is 27.9 Å². The molecule has 31 heavy (non-hydrogen) atoms. The molecule has 2 aromatic heterocycles. The number of nitrogens with one attached hydrogen (secondary N) is 1. The number of amides is 1. The van der Waals surface area contributed by atoms with E-state index in [9.17, 15) is 4.79 Å². The predicted molar refractivity (Wildman–Crippen MR) is 123 cm³/mol. The Labute approximate surface area is 187 Å². The van der Waals surface area contributed by atoms with Crippen molar-refractivity contribution in [2.24, 2.45) is 0 Å². The van der Waals surface area contributed by atoms with Crippen LogP contribution < -0.4 is 14.8 Å². The van der Waals surface area contributed by atoms with Crippen LogP contribution in [0.5, 0.6) is 11.5 Å². The molecule has 1 aliphatic rings. The monoisotopic (exact) mass is 449 g/mol. The number of nitrogens with zero attached hydrogens (tertiary/aromatic N) is 2. The fourth-order valence-corrected chi connectivity index (χ4v) is 4.88. The molecular formula is C23H19N3O3S2. The van der Waals surface area contributed by atoms with Gasteiger partial charge in [0.15, 0.2) is 17.3 Å². The minimum absolute atomic E-state index is 0.0527. The first-order valence-corrected chi connectivity index (χ1v) is 11.6. The molecule has 0 saturated heterocycles. The fourth-order valence-electron chi connectivity index (χ4n) is 3.26. The Hall–Kier alpha value is -3.10. The van der Waals surface area contributed by atoms with Crippen LogP contribution in [0.3, 0.4) is 0 Å². The highest BCUT2D eigenvalue weighted by Crippen LogP contribution is 2.33. The average Bonchev–Trinajstić information content (AvgIpc) is 3.49. The zero-order valence-electron chi connectivity index (χ0n) is 16.7. The first-order chi connectivity index (χ1) is 15.2. The van der Waals surface area contributed by atoms with Gasteiger partial charge in [-0.05, 0) is 42.1 Å². The lowest BCUT2D eigenvalue weighted by Crippen LogP contribution is -2.30. The summed E-state index contributed by atoms with van der Waals surface area (Å²) in [4.78, 5) is 23.3. The number of benzene rings is 2. The topological polar surface area (TPSA) is 73.3 Å². The summed E-state index contributed by atoms with van der Waals surface area (Å²) in [7, 11) is 0. The number of aromatic nitrogens is 2. The Balaban J connectivity index is 1.32. The molecule has 0 saturated carbocycles. The second kappa shape index (κ2) is 8.56. The van der Waals surface area contributed by atoms with E-state index in [-0.39, 0.29) is 18.0 Å². The highest BCUT2D eigenvalue weighted by atomic mass is 32.2. The molecule has 8 heteroatoms. The normalized spacial score (nSPS) is 13.3. The van der Waals surface area contributed by atoms with Gasteiger partial charge in [0.05, 0.1) is 15.6 Å². The van der Waals surface area contributed by atoms with Crippen molar-refractivity contribution in [1.82, 2.24) is 15.3 Å². The van der Waals surface area contributed by atoms with Crippen molar-refractivity contribution in [3.63, 3.8) is 0 Å². The van der Waals surface area contributed by atoms with E-state index in [2.05, 4.69) is 5.32 Å². The smallest absolute Gasteiger partial charge is 0.233 e. The first kappa shape index (κ1) is 19.8. The van der Waals surface area contributed by atoms with Gasteiger partial charge in [0.25, 0.3) is 0 Å². The molecule has 1 amide bonds. The third-order valence-corrected chi connectivity index (χ3v) is 6.84. The number of ether oxygens (including phenoxy) is 2. The van der Waals surface area contributed by atoms with Gasteiger partial charge in [-0.25, -0.2) is 9.97 Å². The highest BCUT2D eigenvalue weighted by Gasteiger charge is 2.19. The Bertz CT molecular complexity index is 1240. The third kappa shape index (κ3) is 4.22. The Morgan fingerprint density at radius 3 is 2.87 bits per heavy atom. The maximum atomic E-state index is 12.8. The van der Waals surface area contributed by atoms with Crippen LogP contribution in [-0.2, 0) is 11.3 Å². The molecule has 4 aromatic rings. The fraction of sp³-hybridized carbons (Fsp3) is 0.174. The molecule has 0 spiro atoms. The molecule has 0 aliphatic carbocycles. The molecule has 1 atom stereocenters. The molecule has 156 valence electrons. The van der Waals surface area contributed by atoms with Crippen molar-refractivity contribution in [3.05, 3.63) is 65.5 Å². The lowest BCUT2D eigenvalue weighted by Gasteiger charge is -2.14. The van der Waals surface area contributed by atoms with E-state index >= 15 is 0 Å². The zero-order valence-corrected chi connectivity index (χ0v) is 18.3. The summed E-state index contributed by atoms with van der Waals surface area (Å²) in [6.45, 7) is 2.55. The third-order valence-electron chi connectivity index (χ3n) is 4.87. The number of fused-ring (bicyclic) bond motifs is 2. The maximum absolute atomic E-state index is 12.8. The molecule has 6 nitrogen and oxygen atoms in total. The molecule has 3 heterocycles. The summed E-state index contributed by atoms with van der Waals surface area (Å²) in [5.41, 5.74) is 1.83. The lowest BCUT2D eigenvalue weighted by atomic mass is 10.2. The lowest BCUT2D eigenvalue weighted by molar-refractivity contribution is -0.120. The van der Waals surface area contributed by atoms with Crippen LogP contribution in [0.1, 0.15) is 12.5 Å². The van der Waals surface area contributed by atoms with Crippen LogP contribution in [0.15, 0.2) is 65.0 Å². The SMILES string of the molecule is CC(Sc1nc(-c2cccs2)nc2ccccc12)C(=O)NCc1ccc2c(c1)OCO2. The Morgan fingerprint density at radius 1 is 1.13 bits per heavy atom. The van der Waals surface area contributed by atoms with Crippen molar-refractivity contribution >= 4 is 39.9 Å². The van der Waals surface area contributed by atoms with Gasteiger partial charge in [-0.1, -0.05) is 42.1 Å². The predicted octanol–water partition coefficient (Wildman–Crippen LogP) is 4.88.